The van der Waals surface area contributed by atoms with Gasteiger partial charge in [-0.15, -0.1) is 12.4 Å². The number of nitrogens with zero attached hydrogens (tertiary/aromatic N) is 2. The van der Waals surface area contributed by atoms with E-state index in [0.717, 1.165) is 25.2 Å². The number of hydrogen-bond donors (Lipinski definition) is 1. The first-order valence-corrected chi connectivity index (χ1v) is 11.3. The number of carbonyl (C=O) groups is 1. The quantitative estimate of drug-likeness (QED) is 0.726. The molecule has 30 heavy (non-hydrogen) atoms. The van der Waals surface area contributed by atoms with Crippen LogP contribution in [-0.4, -0.2) is 65.2 Å². The first kappa shape index (κ1) is 22.6. The fourth-order valence-corrected chi connectivity index (χ4v) is 5.29. The topological polar surface area (TPSA) is 79.0 Å². The summed E-state index contributed by atoms with van der Waals surface area (Å²) in [6.07, 6.45) is 0.692. The number of amides is 1. The van der Waals surface area contributed by atoms with Gasteiger partial charge in [0.1, 0.15) is 0 Å². The Bertz CT molecular complexity index is 993. The van der Waals surface area contributed by atoms with E-state index in [4.69, 9.17) is 4.74 Å². The molecule has 2 aliphatic rings. The van der Waals surface area contributed by atoms with Gasteiger partial charge in [-0.3, -0.25) is 14.0 Å². The lowest BCUT2D eigenvalue weighted by atomic mass is 10.2. The average molecular weight is 452 g/mol. The Morgan fingerprint density at radius 3 is 2.60 bits per heavy atom. The molecule has 4 rings (SSSR count). The highest BCUT2D eigenvalue weighted by atomic mass is 35.5. The van der Waals surface area contributed by atoms with E-state index in [9.17, 15) is 13.2 Å². The molecule has 2 aliphatic heterocycles. The predicted octanol–water partition coefficient (Wildman–Crippen LogP) is 1.92. The number of halogens is 1. The van der Waals surface area contributed by atoms with Gasteiger partial charge in [-0.2, -0.15) is 0 Å². The number of sulfonamides is 1. The van der Waals surface area contributed by atoms with Crippen molar-refractivity contribution in [2.45, 2.75) is 11.3 Å². The Kier molecular flexibility index (Phi) is 7.36. The van der Waals surface area contributed by atoms with Crippen molar-refractivity contribution in [3.05, 3.63) is 59.7 Å². The molecule has 2 aromatic rings. The van der Waals surface area contributed by atoms with Crippen LogP contribution in [0.5, 0.6) is 0 Å². The Balaban J connectivity index is 0.00000256. The number of ether oxygens (including phenoxy) is 1. The van der Waals surface area contributed by atoms with E-state index in [-0.39, 0.29) is 23.2 Å². The van der Waals surface area contributed by atoms with Gasteiger partial charge in [-0.25, -0.2) is 8.42 Å². The van der Waals surface area contributed by atoms with Crippen molar-refractivity contribution in [1.29, 1.82) is 0 Å². The maximum atomic E-state index is 13.2. The zero-order chi connectivity index (χ0) is 20.3. The van der Waals surface area contributed by atoms with Crippen LogP contribution in [0.4, 0.5) is 5.69 Å². The van der Waals surface area contributed by atoms with Crippen LogP contribution in [0.25, 0.3) is 0 Å². The molecule has 0 radical (unpaired) electrons. The number of para-hydroxylation sites is 1. The molecule has 2 aromatic carbocycles. The lowest BCUT2D eigenvalue weighted by molar-refractivity contribution is 0.0383. The summed E-state index contributed by atoms with van der Waals surface area (Å²) >= 11 is 0. The highest BCUT2D eigenvalue weighted by Crippen LogP contribution is 2.32. The Morgan fingerprint density at radius 1 is 1.03 bits per heavy atom. The number of nitrogens with one attached hydrogen (secondary N) is 1. The second kappa shape index (κ2) is 9.78. The van der Waals surface area contributed by atoms with E-state index in [1.807, 2.05) is 24.3 Å². The van der Waals surface area contributed by atoms with Crippen molar-refractivity contribution in [1.82, 2.24) is 10.2 Å². The van der Waals surface area contributed by atoms with Gasteiger partial charge in [0, 0.05) is 38.3 Å². The summed E-state index contributed by atoms with van der Waals surface area (Å²) in [6.45, 7) is 4.83. The number of fused-ring (bicyclic) bond motifs is 1. The van der Waals surface area contributed by atoms with E-state index in [1.165, 1.54) is 10.4 Å². The van der Waals surface area contributed by atoms with Crippen LogP contribution in [0.3, 0.4) is 0 Å². The first-order chi connectivity index (χ1) is 14.1. The SMILES string of the molecule is Cl.O=C(NCCN1CCOCC1)c1cccc(S(=O)(=O)N2CCc3ccccc32)c1. The third-order valence-corrected chi connectivity index (χ3v) is 7.16. The lowest BCUT2D eigenvalue weighted by Crippen LogP contribution is -2.41. The van der Waals surface area contributed by atoms with Crippen molar-refractivity contribution in [3.8, 4) is 0 Å². The summed E-state index contributed by atoms with van der Waals surface area (Å²) in [5.41, 5.74) is 2.08. The normalized spacial score (nSPS) is 16.6. The van der Waals surface area contributed by atoms with Crippen LogP contribution in [0.15, 0.2) is 53.4 Å². The zero-order valence-corrected chi connectivity index (χ0v) is 18.3. The summed E-state index contributed by atoms with van der Waals surface area (Å²) in [4.78, 5) is 14.9. The summed E-state index contributed by atoms with van der Waals surface area (Å²) < 4.78 is 33.1. The van der Waals surface area contributed by atoms with Crippen LogP contribution >= 0.6 is 12.4 Å². The maximum Gasteiger partial charge on any atom is 0.264 e. The smallest absolute Gasteiger partial charge is 0.264 e. The molecule has 162 valence electrons. The highest BCUT2D eigenvalue weighted by Gasteiger charge is 2.30. The van der Waals surface area contributed by atoms with Crippen molar-refractivity contribution in [3.63, 3.8) is 0 Å². The Labute approximate surface area is 183 Å². The number of hydrogen-bond acceptors (Lipinski definition) is 5. The van der Waals surface area contributed by atoms with Gasteiger partial charge in [-0.1, -0.05) is 24.3 Å². The lowest BCUT2D eigenvalue weighted by Gasteiger charge is -2.26. The van der Waals surface area contributed by atoms with E-state index >= 15 is 0 Å². The van der Waals surface area contributed by atoms with Gasteiger partial charge < -0.3 is 10.1 Å². The monoisotopic (exact) mass is 451 g/mol. The van der Waals surface area contributed by atoms with Gasteiger partial charge >= 0.3 is 0 Å². The largest absolute Gasteiger partial charge is 0.379 e. The zero-order valence-electron chi connectivity index (χ0n) is 16.6. The fraction of sp³-hybridized carbons (Fsp3) is 0.381. The molecular formula is C21H26ClN3O4S. The van der Waals surface area contributed by atoms with Crippen molar-refractivity contribution >= 4 is 34.0 Å². The summed E-state index contributed by atoms with van der Waals surface area (Å²) in [5, 5.41) is 2.88. The minimum Gasteiger partial charge on any atom is -0.379 e. The molecule has 9 heteroatoms. The van der Waals surface area contributed by atoms with Crippen LogP contribution in [0, 0.1) is 0 Å². The number of anilines is 1. The maximum absolute atomic E-state index is 13.2. The van der Waals surface area contributed by atoms with Crippen LogP contribution in [-0.2, 0) is 21.2 Å². The molecule has 1 fully saturated rings. The third kappa shape index (κ3) is 4.78. The Morgan fingerprint density at radius 2 is 1.80 bits per heavy atom. The van der Waals surface area contributed by atoms with Crippen molar-refractivity contribution in [2.75, 3.05) is 50.2 Å². The summed E-state index contributed by atoms with van der Waals surface area (Å²) in [6, 6.07) is 13.8. The molecule has 0 spiro atoms. The van der Waals surface area contributed by atoms with Gasteiger partial charge in [0.2, 0.25) is 0 Å². The van der Waals surface area contributed by atoms with E-state index in [2.05, 4.69) is 10.2 Å². The Hall–Kier alpha value is -2.13. The molecule has 1 N–H and O–H groups in total. The number of benzene rings is 2. The summed E-state index contributed by atoms with van der Waals surface area (Å²) in [7, 11) is -3.71. The summed E-state index contributed by atoms with van der Waals surface area (Å²) in [5.74, 6) is -0.267. The molecule has 1 amide bonds. The third-order valence-electron chi connectivity index (χ3n) is 5.35. The van der Waals surface area contributed by atoms with Gasteiger partial charge in [0.15, 0.2) is 0 Å². The predicted molar refractivity (Wildman–Crippen MR) is 118 cm³/mol. The molecule has 0 aliphatic carbocycles. The first-order valence-electron chi connectivity index (χ1n) is 9.85. The number of carbonyl (C=O) groups excluding carboxylic acids is 1. The molecule has 0 atom stereocenters. The fourth-order valence-electron chi connectivity index (χ4n) is 3.74. The molecule has 0 saturated carbocycles. The molecule has 2 heterocycles. The van der Waals surface area contributed by atoms with E-state index < -0.39 is 10.0 Å². The molecule has 0 unspecified atom stereocenters. The van der Waals surface area contributed by atoms with Gasteiger partial charge in [0.05, 0.1) is 23.8 Å². The van der Waals surface area contributed by atoms with Crippen LogP contribution < -0.4 is 9.62 Å². The molecule has 0 aromatic heterocycles. The molecular weight excluding hydrogens is 426 g/mol. The molecule has 0 bridgehead atoms. The van der Waals surface area contributed by atoms with Crippen LogP contribution in [0.1, 0.15) is 15.9 Å². The van der Waals surface area contributed by atoms with Gasteiger partial charge in [-0.05, 0) is 36.2 Å². The minimum atomic E-state index is -3.71. The van der Waals surface area contributed by atoms with Crippen molar-refractivity contribution < 1.29 is 17.9 Å². The number of rotatable bonds is 6. The minimum absolute atomic E-state index is 0. The van der Waals surface area contributed by atoms with E-state index in [0.29, 0.717) is 44.0 Å². The number of morpholine rings is 1. The highest BCUT2D eigenvalue weighted by molar-refractivity contribution is 7.92. The van der Waals surface area contributed by atoms with Crippen LogP contribution in [0.2, 0.25) is 0 Å². The second-order valence-corrected chi connectivity index (χ2v) is 9.06. The van der Waals surface area contributed by atoms with E-state index in [1.54, 1.807) is 18.2 Å². The van der Waals surface area contributed by atoms with Gasteiger partial charge in [0.25, 0.3) is 15.9 Å². The second-order valence-electron chi connectivity index (χ2n) is 7.19. The standard InChI is InChI=1S/C21H25N3O4S.ClH/c25-21(22-9-11-23-12-14-28-15-13-23)18-5-3-6-19(16-18)29(26,27)24-10-8-17-4-1-2-7-20(17)24;/h1-7,16H,8-15H2,(H,22,25);1H. The molecule has 7 nitrogen and oxygen atoms in total. The average Bonchev–Trinajstić information content (AvgIpc) is 3.19. The van der Waals surface area contributed by atoms with Crippen molar-refractivity contribution in [2.24, 2.45) is 0 Å². The molecule has 1 saturated heterocycles.